The summed E-state index contributed by atoms with van der Waals surface area (Å²) in [4.78, 5) is 30.3. The van der Waals surface area contributed by atoms with E-state index in [-0.39, 0.29) is 49.5 Å². The number of halogens is 4. The number of carbonyl (C=O) groups excluding carboxylic acids is 1. The van der Waals surface area contributed by atoms with Crippen LogP contribution in [0.25, 0.3) is 0 Å². The van der Waals surface area contributed by atoms with E-state index in [0.717, 1.165) is 15.8 Å². The van der Waals surface area contributed by atoms with Crippen molar-refractivity contribution >= 4 is 23.5 Å². The van der Waals surface area contributed by atoms with E-state index < -0.39 is 52.3 Å². The van der Waals surface area contributed by atoms with E-state index in [1.54, 1.807) is 13.0 Å². The molecule has 1 aliphatic rings. The van der Waals surface area contributed by atoms with Gasteiger partial charge in [-0.25, -0.2) is 0 Å². The number of aromatic nitrogens is 3. The molecule has 37 heavy (non-hydrogen) atoms. The molecule has 1 aliphatic carbocycles. The van der Waals surface area contributed by atoms with E-state index in [4.69, 9.17) is 11.6 Å². The summed E-state index contributed by atoms with van der Waals surface area (Å²) in [6.07, 6.45) is -3.12. The van der Waals surface area contributed by atoms with Crippen molar-refractivity contribution in [2.75, 3.05) is 13.1 Å². The molecule has 1 saturated carbocycles. The molecule has 0 unspecified atom stereocenters. The van der Waals surface area contributed by atoms with E-state index in [2.05, 4.69) is 10.1 Å². The summed E-state index contributed by atoms with van der Waals surface area (Å²) >= 11 is 6.12. The fourth-order valence-electron chi connectivity index (χ4n) is 4.68. The third-order valence-corrected chi connectivity index (χ3v) is 6.98. The SMILES string of the molecule is CC(C)(C)CN(C[C@@H](O)c1ncccc1Cl)C(=O)c1cnn([C@H]2CC[C@](C)(C(=O)O)CC2)c1C(F)(F)F. The van der Waals surface area contributed by atoms with Crippen LogP contribution in [0.2, 0.25) is 5.02 Å². The molecule has 0 bridgehead atoms. The van der Waals surface area contributed by atoms with Gasteiger partial charge in [-0.1, -0.05) is 32.4 Å². The van der Waals surface area contributed by atoms with E-state index in [0.29, 0.717) is 0 Å². The number of carboxylic acids is 1. The second-order valence-electron chi connectivity index (χ2n) is 11.1. The maximum Gasteiger partial charge on any atom is 0.433 e. The molecule has 0 aliphatic heterocycles. The molecule has 3 rings (SSSR count). The van der Waals surface area contributed by atoms with E-state index in [9.17, 15) is 33.0 Å². The average Bonchev–Trinajstić information content (AvgIpc) is 3.23. The van der Waals surface area contributed by atoms with Gasteiger partial charge in [0.05, 0.1) is 40.5 Å². The first-order chi connectivity index (χ1) is 17.0. The van der Waals surface area contributed by atoms with Crippen LogP contribution in [0.5, 0.6) is 0 Å². The van der Waals surface area contributed by atoms with Crippen LogP contribution in [0.15, 0.2) is 24.5 Å². The highest BCUT2D eigenvalue weighted by atomic mass is 35.5. The van der Waals surface area contributed by atoms with Crippen LogP contribution in [-0.2, 0) is 11.0 Å². The van der Waals surface area contributed by atoms with Crippen molar-refractivity contribution in [1.82, 2.24) is 19.7 Å². The first-order valence-electron chi connectivity index (χ1n) is 12.0. The fraction of sp³-hybridized carbons (Fsp3) is 0.600. The summed E-state index contributed by atoms with van der Waals surface area (Å²) in [6.45, 7) is 6.78. The number of alkyl halides is 3. The predicted molar refractivity (Wildman–Crippen MR) is 130 cm³/mol. The topological polar surface area (TPSA) is 109 Å². The van der Waals surface area contributed by atoms with Crippen LogP contribution >= 0.6 is 11.6 Å². The minimum Gasteiger partial charge on any atom is -0.481 e. The molecule has 0 spiro atoms. The average molecular weight is 545 g/mol. The van der Waals surface area contributed by atoms with Crippen molar-refractivity contribution < 1.29 is 33.0 Å². The fourth-order valence-corrected chi connectivity index (χ4v) is 4.92. The normalized spacial score (nSPS) is 21.5. The van der Waals surface area contributed by atoms with Gasteiger partial charge in [-0.05, 0) is 50.2 Å². The highest BCUT2D eigenvalue weighted by Gasteiger charge is 2.45. The Kier molecular flexibility index (Phi) is 8.28. The predicted octanol–water partition coefficient (Wildman–Crippen LogP) is 5.38. The highest BCUT2D eigenvalue weighted by Crippen LogP contribution is 2.43. The smallest absolute Gasteiger partial charge is 0.433 e. The lowest BCUT2D eigenvalue weighted by molar-refractivity contribution is -0.152. The van der Waals surface area contributed by atoms with E-state index >= 15 is 0 Å². The molecule has 0 saturated heterocycles. The lowest BCUT2D eigenvalue weighted by Gasteiger charge is -2.35. The van der Waals surface area contributed by atoms with Gasteiger partial charge in [0, 0.05) is 12.7 Å². The lowest BCUT2D eigenvalue weighted by Crippen LogP contribution is -2.41. The Morgan fingerprint density at radius 1 is 1.27 bits per heavy atom. The summed E-state index contributed by atoms with van der Waals surface area (Å²) in [5, 5.41) is 24.3. The first kappa shape index (κ1) is 28.9. The molecule has 1 fully saturated rings. The number of carbonyl (C=O) groups is 2. The Morgan fingerprint density at radius 2 is 1.89 bits per heavy atom. The van der Waals surface area contributed by atoms with E-state index in [1.165, 1.54) is 12.3 Å². The quantitative estimate of drug-likeness (QED) is 0.484. The third-order valence-electron chi connectivity index (χ3n) is 6.66. The molecule has 8 nitrogen and oxygen atoms in total. The number of hydrogen-bond donors (Lipinski definition) is 2. The number of amides is 1. The summed E-state index contributed by atoms with van der Waals surface area (Å²) in [7, 11) is 0. The maximum absolute atomic E-state index is 14.3. The van der Waals surface area contributed by atoms with Crippen LogP contribution < -0.4 is 0 Å². The van der Waals surface area contributed by atoms with Crippen molar-refractivity contribution in [2.45, 2.75) is 71.7 Å². The molecule has 0 radical (unpaired) electrons. The minimum absolute atomic E-state index is 0.0518. The lowest BCUT2D eigenvalue weighted by atomic mass is 9.74. The minimum atomic E-state index is -4.88. The maximum atomic E-state index is 14.3. The van der Waals surface area contributed by atoms with Crippen LogP contribution in [0.4, 0.5) is 13.2 Å². The Bertz CT molecular complexity index is 1140. The highest BCUT2D eigenvalue weighted by molar-refractivity contribution is 6.31. The van der Waals surface area contributed by atoms with Crippen molar-refractivity contribution in [3.8, 4) is 0 Å². The van der Waals surface area contributed by atoms with Crippen LogP contribution in [-0.4, -0.2) is 54.8 Å². The van der Waals surface area contributed by atoms with E-state index in [1.807, 2.05) is 20.8 Å². The molecule has 204 valence electrons. The Labute approximate surface area is 218 Å². The van der Waals surface area contributed by atoms with Gasteiger partial charge < -0.3 is 15.1 Å². The Hall–Kier alpha value is -2.66. The zero-order chi connectivity index (χ0) is 27.8. The van der Waals surface area contributed by atoms with Gasteiger partial charge in [-0.2, -0.15) is 18.3 Å². The second kappa shape index (κ2) is 10.6. The number of carboxylic acid groups (broad SMARTS) is 1. The van der Waals surface area contributed by atoms with Gasteiger partial charge in [0.2, 0.25) is 0 Å². The zero-order valence-electron chi connectivity index (χ0n) is 21.2. The number of aliphatic carboxylic acids is 1. The Balaban J connectivity index is 1.95. The molecule has 2 aromatic heterocycles. The number of aliphatic hydroxyl groups is 1. The monoisotopic (exact) mass is 544 g/mol. The largest absolute Gasteiger partial charge is 0.481 e. The molecular weight excluding hydrogens is 513 g/mol. The first-order valence-corrected chi connectivity index (χ1v) is 12.4. The zero-order valence-corrected chi connectivity index (χ0v) is 22.0. The van der Waals surface area contributed by atoms with Gasteiger partial charge in [-0.15, -0.1) is 0 Å². The summed E-state index contributed by atoms with van der Waals surface area (Å²) in [6, 6.07) is 2.40. The summed E-state index contributed by atoms with van der Waals surface area (Å²) in [5.41, 5.74) is -3.19. The third kappa shape index (κ3) is 6.62. The molecule has 12 heteroatoms. The second-order valence-corrected chi connectivity index (χ2v) is 11.5. The van der Waals surface area contributed by atoms with Gasteiger partial charge in [-0.3, -0.25) is 19.3 Å². The van der Waals surface area contributed by atoms with Crippen molar-refractivity contribution in [3.63, 3.8) is 0 Å². The molecule has 2 N–H and O–H groups in total. The number of aliphatic hydroxyl groups excluding tert-OH is 1. The summed E-state index contributed by atoms with van der Waals surface area (Å²) < 4.78 is 43.8. The van der Waals surface area contributed by atoms with Gasteiger partial charge in [0.1, 0.15) is 6.10 Å². The molecule has 1 amide bonds. The standard InChI is InChI=1S/C25H32ClF3N4O4/c1-23(2,3)14-32(13-18(34)19-17(26)6-5-11-30-19)21(35)16-12-31-33(20(16)25(27,28)29)15-7-9-24(4,10-8-15)22(36)37/h5-6,11-12,15,18,34H,7-10,13-14H2,1-4H3,(H,36,37)/t15-,18-,24-/m1/s1. The van der Waals surface area contributed by atoms with Crippen molar-refractivity contribution in [1.29, 1.82) is 0 Å². The number of pyridine rings is 1. The van der Waals surface area contributed by atoms with Crippen LogP contribution in [0, 0.1) is 10.8 Å². The van der Waals surface area contributed by atoms with Crippen molar-refractivity contribution in [2.24, 2.45) is 10.8 Å². The number of hydrogen-bond acceptors (Lipinski definition) is 5. The van der Waals surface area contributed by atoms with Gasteiger partial charge in [0.15, 0.2) is 5.69 Å². The molecule has 1 atom stereocenters. The summed E-state index contributed by atoms with van der Waals surface area (Å²) in [5.74, 6) is -1.91. The van der Waals surface area contributed by atoms with Crippen LogP contribution in [0.3, 0.4) is 0 Å². The van der Waals surface area contributed by atoms with Gasteiger partial charge >= 0.3 is 12.1 Å². The molecule has 2 heterocycles. The van der Waals surface area contributed by atoms with Crippen LogP contribution in [0.1, 0.15) is 87.3 Å². The van der Waals surface area contributed by atoms with Crippen molar-refractivity contribution in [3.05, 3.63) is 46.5 Å². The molecule has 2 aromatic rings. The Morgan fingerprint density at radius 3 is 2.41 bits per heavy atom. The number of rotatable bonds is 7. The number of nitrogens with zero attached hydrogens (tertiary/aromatic N) is 4. The molecular formula is C25H32ClF3N4O4. The van der Waals surface area contributed by atoms with Gasteiger partial charge in [0.25, 0.3) is 5.91 Å². The molecule has 0 aromatic carbocycles.